The van der Waals surface area contributed by atoms with E-state index in [9.17, 15) is 4.79 Å². The molecular weight excluding hydrogens is 332 g/mol. The van der Waals surface area contributed by atoms with Crippen molar-refractivity contribution >= 4 is 27.8 Å². The van der Waals surface area contributed by atoms with Crippen molar-refractivity contribution in [2.75, 3.05) is 5.32 Å². The van der Waals surface area contributed by atoms with E-state index in [2.05, 4.69) is 32.3 Å². The monoisotopic (exact) mass is 347 g/mol. The third-order valence-corrected chi connectivity index (χ3v) is 3.14. The Morgan fingerprint density at radius 1 is 1.38 bits per heavy atom. The van der Waals surface area contributed by atoms with Crippen LogP contribution >= 0.6 is 15.9 Å². The van der Waals surface area contributed by atoms with Gasteiger partial charge in [0.25, 0.3) is 0 Å². The maximum Gasteiger partial charge on any atom is 0.413 e. The standard InChI is InChI=1S/C16H16BrN2O2/c1-16(2,3)21-15(20)19-14-10-11(8-9-18-14)12-6-4-5-7-13(12)17/h4-5,7-10H,1-3H3,(H,18,19,20). The molecule has 4 nitrogen and oxygen atoms in total. The molecule has 1 aromatic carbocycles. The first-order chi connectivity index (χ1) is 9.85. The molecule has 0 fully saturated rings. The third-order valence-electron chi connectivity index (χ3n) is 2.48. The van der Waals surface area contributed by atoms with Crippen LogP contribution in [0.15, 0.2) is 41.0 Å². The highest BCUT2D eigenvalue weighted by molar-refractivity contribution is 9.10. The largest absolute Gasteiger partial charge is 0.444 e. The lowest BCUT2D eigenvalue weighted by Gasteiger charge is -2.19. The summed E-state index contributed by atoms with van der Waals surface area (Å²) in [5, 5.41) is 2.63. The molecule has 5 heteroatoms. The van der Waals surface area contributed by atoms with Crippen molar-refractivity contribution in [3.63, 3.8) is 0 Å². The average Bonchev–Trinajstić information content (AvgIpc) is 2.37. The number of nitrogens with zero attached hydrogens (tertiary/aromatic N) is 1. The smallest absolute Gasteiger partial charge is 0.413 e. The van der Waals surface area contributed by atoms with Crippen LogP contribution in [0.3, 0.4) is 0 Å². The van der Waals surface area contributed by atoms with Gasteiger partial charge in [-0.3, -0.25) is 5.32 Å². The van der Waals surface area contributed by atoms with E-state index in [1.165, 1.54) is 0 Å². The first-order valence-corrected chi connectivity index (χ1v) is 7.27. The number of nitrogens with one attached hydrogen (secondary N) is 1. The van der Waals surface area contributed by atoms with Crippen LogP contribution in [-0.2, 0) is 4.74 Å². The van der Waals surface area contributed by atoms with E-state index in [1.54, 1.807) is 12.3 Å². The van der Waals surface area contributed by atoms with Gasteiger partial charge in [-0.25, -0.2) is 9.78 Å². The molecule has 1 aromatic heterocycles. The Morgan fingerprint density at radius 3 is 2.81 bits per heavy atom. The van der Waals surface area contributed by atoms with E-state index in [0.717, 1.165) is 15.6 Å². The SMILES string of the molecule is CC(C)(C)OC(=O)Nc1cc(-c2[c]cccc2Br)ccn1. The molecule has 21 heavy (non-hydrogen) atoms. The highest BCUT2D eigenvalue weighted by atomic mass is 79.9. The van der Waals surface area contributed by atoms with Gasteiger partial charge >= 0.3 is 6.09 Å². The summed E-state index contributed by atoms with van der Waals surface area (Å²) in [7, 11) is 0. The lowest BCUT2D eigenvalue weighted by atomic mass is 10.1. The van der Waals surface area contributed by atoms with Crippen molar-refractivity contribution in [3.8, 4) is 11.1 Å². The van der Waals surface area contributed by atoms with Crippen LogP contribution in [-0.4, -0.2) is 16.7 Å². The first kappa shape index (κ1) is 15.5. The van der Waals surface area contributed by atoms with Gasteiger partial charge in [-0.15, -0.1) is 0 Å². The Morgan fingerprint density at radius 2 is 2.14 bits per heavy atom. The summed E-state index contributed by atoms with van der Waals surface area (Å²) in [6.45, 7) is 5.44. The maximum atomic E-state index is 11.8. The lowest BCUT2D eigenvalue weighted by molar-refractivity contribution is 0.0635. The molecule has 0 spiro atoms. The Labute approximate surface area is 132 Å². The second-order valence-corrected chi connectivity index (χ2v) is 6.30. The van der Waals surface area contributed by atoms with Gasteiger partial charge in [-0.1, -0.05) is 28.1 Å². The van der Waals surface area contributed by atoms with Gasteiger partial charge in [0.1, 0.15) is 11.4 Å². The number of anilines is 1. The zero-order valence-corrected chi connectivity index (χ0v) is 13.7. The predicted octanol–water partition coefficient (Wildman–Crippen LogP) is 4.66. The van der Waals surface area contributed by atoms with Crippen molar-refractivity contribution in [2.24, 2.45) is 0 Å². The van der Waals surface area contributed by atoms with E-state index in [1.807, 2.05) is 45.0 Å². The maximum absolute atomic E-state index is 11.8. The van der Waals surface area contributed by atoms with Crippen molar-refractivity contribution in [1.82, 2.24) is 4.98 Å². The fraction of sp³-hybridized carbons (Fsp3) is 0.250. The molecule has 1 radical (unpaired) electrons. The minimum atomic E-state index is -0.544. The molecule has 0 atom stereocenters. The van der Waals surface area contributed by atoms with Crippen LogP contribution in [0.2, 0.25) is 0 Å². The van der Waals surface area contributed by atoms with Gasteiger partial charge in [0, 0.05) is 16.2 Å². The zero-order chi connectivity index (χ0) is 15.5. The molecule has 0 aliphatic rings. The number of ether oxygens (including phenoxy) is 1. The van der Waals surface area contributed by atoms with Crippen LogP contribution in [0.25, 0.3) is 11.1 Å². The summed E-state index contributed by atoms with van der Waals surface area (Å²) in [6.07, 6.45) is 1.11. The minimum absolute atomic E-state index is 0.436. The van der Waals surface area contributed by atoms with E-state index >= 15 is 0 Å². The fourth-order valence-corrected chi connectivity index (χ4v) is 2.20. The molecule has 0 saturated heterocycles. The van der Waals surface area contributed by atoms with Crippen LogP contribution in [0.1, 0.15) is 20.8 Å². The van der Waals surface area contributed by atoms with Gasteiger partial charge in [0.2, 0.25) is 0 Å². The number of hydrogen-bond donors (Lipinski definition) is 1. The van der Waals surface area contributed by atoms with Crippen LogP contribution < -0.4 is 5.32 Å². The summed E-state index contributed by atoms with van der Waals surface area (Å²) in [5.41, 5.74) is 1.27. The molecule has 1 amide bonds. The molecule has 0 bridgehead atoms. The van der Waals surface area contributed by atoms with Crippen LogP contribution in [0, 0.1) is 6.07 Å². The van der Waals surface area contributed by atoms with Gasteiger partial charge in [-0.05, 0) is 50.6 Å². The van der Waals surface area contributed by atoms with Crippen molar-refractivity contribution in [1.29, 1.82) is 0 Å². The minimum Gasteiger partial charge on any atom is -0.444 e. The molecular formula is C16H16BrN2O2. The van der Waals surface area contributed by atoms with E-state index < -0.39 is 11.7 Å². The number of rotatable bonds is 2. The van der Waals surface area contributed by atoms with Gasteiger partial charge in [0.05, 0.1) is 0 Å². The molecule has 0 aliphatic carbocycles. The molecule has 1 heterocycles. The topological polar surface area (TPSA) is 51.2 Å². The average molecular weight is 348 g/mol. The van der Waals surface area contributed by atoms with Crippen molar-refractivity contribution < 1.29 is 9.53 Å². The number of halogens is 1. The van der Waals surface area contributed by atoms with Crippen LogP contribution in [0.4, 0.5) is 10.6 Å². The van der Waals surface area contributed by atoms with E-state index in [4.69, 9.17) is 4.74 Å². The third kappa shape index (κ3) is 4.56. The Kier molecular flexibility index (Phi) is 4.63. The number of hydrogen-bond acceptors (Lipinski definition) is 3. The summed E-state index contributed by atoms with van der Waals surface area (Å²) >= 11 is 3.48. The fourth-order valence-electron chi connectivity index (χ4n) is 1.70. The summed E-state index contributed by atoms with van der Waals surface area (Å²) in [6, 6.07) is 12.5. The molecule has 0 saturated carbocycles. The van der Waals surface area contributed by atoms with Gasteiger partial charge < -0.3 is 4.74 Å². The van der Waals surface area contributed by atoms with E-state index in [-0.39, 0.29) is 0 Å². The Bertz CT molecular complexity index is 651. The quantitative estimate of drug-likeness (QED) is 0.859. The molecule has 0 unspecified atom stereocenters. The Hall–Kier alpha value is -1.88. The summed E-state index contributed by atoms with van der Waals surface area (Å²) in [5.74, 6) is 0.436. The van der Waals surface area contributed by atoms with Crippen molar-refractivity contribution in [2.45, 2.75) is 26.4 Å². The second-order valence-electron chi connectivity index (χ2n) is 5.45. The van der Waals surface area contributed by atoms with Gasteiger partial charge in [-0.2, -0.15) is 0 Å². The number of carbonyl (C=O) groups is 1. The molecule has 0 aliphatic heterocycles. The highest BCUT2D eigenvalue weighted by Gasteiger charge is 2.16. The zero-order valence-electron chi connectivity index (χ0n) is 12.1. The van der Waals surface area contributed by atoms with Gasteiger partial charge in [0.15, 0.2) is 0 Å². The molecule has 1 N–H and O–H groups in total. The molecule has 109 valence electrons. The van der Waals surface area contributed by atoms with Crippen molar-refractivity contribution in [3.05, 3.63) is 47.1 Å². The first-order valence-electron chi connectivity index (χ1n) is 6.48. The number of carbonyl (C=O) groups excluding carboxylic acids is 1. The lowest BCUT2D eigenvalue weighted by Crippen LogP contribution is -2.27. The van der Waals surface area contributed by atoms with Crippen LogP contribution in [0.5, 0.6) is 0 Å². The summed E-state index contributed by atoms with van der Waals surface area (Å²) < 4.78 is 6.13. The number of amides is 1. The summed E-state index contributed by atoms with van der Waals surface area (Å²) in [4.78, 5) is 15.9. The normalized spacial score (nSPS) is 11.0. The molecule has 2 aromatic rings. The number of benzene rings is 1. The molecule has 2 rings (SSSR count). The second kappa shape index (κ2) is 6.26. The highest BCUT2D eigenvalue weighted by Crippen LogP contribution is 2.28. The number of aromatic nitrogens is 1. The Balaban J connectivity index is 2.19. The van der Waals surface area contributed by atoms with E-state index in [0.29, 0.717) is 5.82 Å². The predicted molar refractivity (Wildman–Crippen MR) is 86.1 cm³/mol. The number of pyridine rings is 1.